The lowest BCUT2D eigenvalue weighted by Gasteiger charge is -2.54. The number of carbonyl (C=O) groups is 8. The summed E-state index contributed by atoms with van der Waals surface area (Å²) in [6.07, 6.45) is -32.2. The average Bonchev–Trinajstić information content (AvgIpc) is 0.737. The Labute approximate surface area is 692 Å². The molecule has 0 bridgehead atoms. The Morgan fingerprint density at radius 2 is 0.916 bits per heavy atom. The van der Waals surface area contributed by atoms with Gasteiger partial charge in [-0.15, -0.1) is 0 Å². The topological polar surface area (TPSA) is 376 Å². The van der Waals surface area contributed by atoms with Crippen LogP contribution in [0.5, 0.6) is 0 Å². The van der Waals surface area contributed by atoms with Crippen LogP contribution in [-0.2, 0) is 157 Å². The fraction of sp³-hybridized carbons (Fsp3) is 0.494. The van der Waals surface area contributed by atoms with Crippen LogP contribution in [0.4, 0.5) is 0 Å². The minimum atomic E-state index is -3.14. The molecule has 32 heteroatoms. The van der Waals surface area contributed by atoms with E-state index in [-0.39, 0.29) is 51.8 Å². The van der Waals surface area contributed by atoms with E-state index >= 15 is 4.79 Å². The molecule has 4 aliphatic heterocycles. The van der Waals surface area contributed by atoms with Crippen LogP contribution in [0, 0.1) is 0 Å². The van der Waals surface area contributed by atoms with Gasteiger partial charge in [0.05, 0.1) is 71.4 Å². The van der Waals surface area contributed by atoms with Gasteiger partial charge in [-0.2, -0.15) is 0 Å². The summed E-state index contributed by atoms with van der Waals surface area (Å²) in [5, 5.41) is 29.9. The Morgan fingerprint density at radius 3 is 1.39 bits per heavy atom. The molecule has 31 nitrogen and oxygen atoms in total. The molecule has 0 saturated carbocycles. The van der Waals surface area contributed by atoms with Gasteiger partial charge in [0.1, 0.15) is 98.6 Å². The average molecular weight is 1670 g/mol. The van der Waals surface area contributed by atoms with Crippen molar-refractivity contribution >= 4 is 55.7 Å². The third-order valence-electron chi connectivity index (χ3n) is 19.8. The second-order valence-corrected chi connectivity index (χ2v) is 36.1. The molecule has 6 aromatic rings. The van der Waals surface area contributed by atoms with Gasteiger partial charge < -0.3 is 111 Å². The van der Waals surface area contributed by atoms with Gasteiger partial charge in [0.25, 0.3) is 5.79 Å². The molecule has 644 valence electrons. The lowest BCUT2D eigenvalue weighted by molar-refractivity contribution is -0.407. The zero-order chi connectivity index (χ0) is 85.2. The molecule has 4 N–H and O–H groups in total. The van der Waals surface area contributed by atoms with Gasteiger partial charge in [-0.3, -0.25) is 28.8 Å². The molecular weight excluding hydrogens is 1570 g/mol. The Bertz CT molecular complexity index is 4180. The molecule has 4 heterocycles. The number of aliphatic hydroxyl groups is 2. The van der Waals surface area contributed by atoms with Crippen molar-refractivity contribution in [3.05, 3.63) is 215 Å². The summed E-state index contributed by atoms with van der Waals surface area (Å²) < 4.78 is 128. The van der Waals surface area contributed by atoms with Crippen molar-refractivity contribution in [1.29, 1.82) is 0 Å². The number of esters is 6. The standard InChI is InChI=1S/C87H108N2O29Si/c1-53(90)88-70-65(109-56(4)93)43-87(86(99)100-7,117-77(70)74(111-58(6)95)69(110-57(5)94)52-104-55(3)92)118-79-76(115-83-71(89-54(2)91)73(97)72(96)66(112-83)51-108-82(98)64-39-27-16-28-40-64)68(50-102-45-60-31-19-12-20-32-60)114-85(81(79)107-48-63-37-25-15-26-38-63)116-75-67(49-101-44-59-29-17-11-18-30-59)113-84(103-41-42-119(8,9)10)80(106-47-62-35-23-14-24-36-62)78(75)105-46-61-33-21-13-22-34-61/h11-40,65-81,83-85,96-97H,41-52H2,1-10H3,(H,88,90)(H,89,91)/t65-,66+,67+,68+,69+,70+,71+,72-,73+,74+,75+,76-,77+,78-,79-,80+,81+,83-,84+,85-,87-/m0/s1. The lowest BCUT2D eigenvalue weighted by Crippen LogP contribution is -2.73. The van der Waals surface area contributed by atoms with Gasteiger partial charge in [-0.1, -0.05) is 189 Å². The number of amides is 2. The normalized spacial score (nSPS) is 27.4. The van der Waals surface area contributed by atoms with Crippen LogP contribution in [0.15, 0.2) is 182 Å². The summed E-state index contributed by atoms with van der Waals surface area (Å²) in [5.74, 6) is -11.0. The number of nitrogens with one attached hydrogen (secondary N) is 2. The van der Waals surface area contributed by atoms with E-state index < -0.39 is 210 Å². The lowest BCUT2D eigenvalue weighted by atomic mass is 9.87. The zero-order valence-corrected chi connectivity index (χ0v) is 69.3. The molecule has 119 heavy (non-hydrogen) atoms. The molecule has 0 spiro atoms. The van der Waals surface area contributed by atoms with Gasteiger partial charge >= 0.3 is 35.8 Å². The zero-order valence-electron chi connectivity index (χ0n) is 68.3. The Kier molecular flexibility index (Phi) is 34.7. The van der Waals surface area contributed by atoms with Crippen molar-refractivity contribution in [2.45, 2.75) is 235 Å². The minimum absolute atomic E-state index is 0.00345. The van der Waals surface area contributed by atoms with Crippen LogP contribution in [0.1, 0.15) is 86.1 Å². The summed E-state index contributed by atoms with van der Waals surface area (Å²) in [6, 6.07) is 51.1. The first-order valence-electron chi connectivity index (χ1n) is 39.4. The van der Waals surface area contributed by atoms with E-state index in [1.807, 2.05) is 97.1 Å². The molecule has 4 fully saturated rings. The third-order valence-corrected chi connectivity index (χ3v) is 21.5. The van der Waals surface area contributed by atoms with Crippen molar-refractivity contribution < 1.29 is 139 Å². The van der Waals surface area contributed by atoms with Crippen molar-refractivity contribution in [1.82, 2.24) is 10.6 Å². The van der Waals surface area contributed by atoms with Gasteiger partial charge in [0.2, 0.25) is 11.8 Å². The highest BCUT2D eigenvalue weighted by molar-refractivity contribution is 6.76. The van der Waals surface area contributed by atoms with E-state index in [9.17, 15) is 43.8 Å². The number of benzene rings is 6. The maximum absolute atomic E-state index is 16.1. The summed E-state index contributed by atoms with van der Waals surface area (Å²) in [6.45, 7) is 10.3. The second kappa shape index (κ2) is 44.8. The molecule has 4 aliphatic rings. The van der Waals surface area contributed by atoms with Gasteiger partial charge in [-0.25, -0.2) is 9.59 Å². The number of aliphatic hydroxyl groups excluding tert-OH is 2. The Hall–Kier alpha value is -9.30. The molecule has 0 aliphatic carbocycles. The number of ether oxygens (including phenoxy) is 19. The van der Waals surface area contributed by atoms with Crippen LogP contribution in [0.2, 0.25) is 25.7 Å². The summed E-state index contributed by atoms with van der Waals surface area (Å²) in [4.78, 5) is 111. The van der Waals surface area contributed by atoms with Crippen LogP contribution in [0.3, 0.4) is 0 Å². The highest BCUT2D eigenvalue weighted by atomic mass is 28.3. The predicted molar refractivity (Wildman–Crippen MR) is 423 cm³/mol. The SMILES string of the molecule is COC(=O)[C@@]1(O[C@H]2[C@@H](O[C@@H]3O[C@H](COC(=O)c4ccccc4)[C@H](O)[C@H](O)[C@H]3NC(C)=O)[C@@H](COCc3ccccc3)O[C@@H](O[C@H]3[C@H](OCc4ccccc4)[C@@H](OCc4ccccc4)[C@H](OCC[Si](C)(C)C)O[C@@H]3COCc3ccccc3)[C@@H]2OCc2ccccc2)C[C@H](OC(C)=O)[C@@H](NC(C)=O)[C@H]([C@H](OC(C)=O)[C@@H](COC(C)=O)OC(C)=O)O1. The van der Waals surface area contributed by atoms with Crippen LogP contribution in [-0.4, -0.2) is 234 Å². The molecule has 4 saturated heterocycles. The Morgan fingerprint density at radius 1 is 0.471 bits per heavy atom. The molecule has 10 rings (SSSR count). The molecular formula is C87H108N2O29Si. The van der Waals surface area contributed by atoms with E-state index in [0.29, 0.717) is 17.2 Å². The molecule has 2 amide bonds. The largest absolute Gasteiger partial charge is 0.465 e. The molecule has 21 atom stereocenters. The first-order valence-corrected chi connectivity index (χ1v) is 43.2. The van der Waals surface area contributed by atoms with E-state index in [0.717, 1.165) is 65.3 Å². The summed E-state index contributed by atoms with van der Waals surface area (Å²) >= 11 is 0. The fourth-order valence-corrected chi connectivity index (χ4v) is 15.0. The first kappa shape index (κ1) is 92.0. The van der Waals surface area contributed by atoms with Crippen LogP contribution < -0.4 is 10.6 Å². The van der Waals surface area contributed by atoms with Gasteiger partial charge in [-0.05, 0) is 46.0 Å². The molecule has 0 aromatic heterocycles. The van der Waals surface area contributed by atoms with Crippen molar-refractivity contribution in [2.24, 2.45) is 0 Å². The van der Waals surface area contributed by atoms with E-state index in [2.05, 4.69) is 30.3 Å². The van der Waals surface area contributed by atoms with Gasteiger partial charge in [0.15, 0.2) is 31.1 Å². The highest BCUT2D eigenvalue weighted by Gasteiger charge is 2.64. The number of hydrogen-bond acceptors (Lipinski definition) is 29. The predicted octanol–water partition coefficient (Wildman–Crippen LogP) is 7.47. The molecule has 6 aromatic carbocycles. The van der Waals surface area contributed by atoms with Crippen LogP contribution >= 0.6 is 0 Å². The smallest absolute Gasteiger partial charge is 0.366 e. The van der Waals surface area contributed by atoms with Gasteiger partial charge in [0, 0.05) is 56.2 Å². The van der Waals surface area contributed by atoms with Crippen molar-refractivity contribution in [3.8, 4) is 0 Å². The molecule has 0 unspecified atom stereocenters. The highest BCUT2D eigenvalue weighted by Crippen LogP contribution is 2.44. The number of rotatable bonds is 40. The number of carbonyl (C=O) groups excluding carboxylic acids is 8. The second-order valence-electron chi connectivity index (χ2n) is 30.5. The quantitative estimate of drug-likeness (QED) is 0.0165. The fourth-order valence-electron chi connectivity index (χ4n) is 14.2. The minimum Gasteiger partial charge on any atom is -0.465 e. The molecule has 0 radical (unpaired) electrons. The van der Waals surface area contributed by atoms with Crippen LogP contribution in [0.25, 0.3) is 0 Å². The maximum Gasteiger partial charge on any atom is 0.366 e. The Balaban J connectivity index is 1.23. The summed E-state index contributed by atoms with van der Waals surface area (Å²) in [7, 11) is -0.857. The number of hydrogen-bond donors (Lipinski definition) is 4. The maximum atomic E-state index is 16.1. The van der Waals surface area contributed by atoms with E-state index in [1.54, 1.807) is 72.8 Å². The first-order chi connectivity index (χ1) is 57.1. The summed E-state index contributed by atoms with van der Waals surface area (Å²) in [5.41, 5.74) is 3.62. The number of methoxy groups -OCH3 is 1. The monoisotopic (exact) mass is 1670 g/mol. The third kappa shape index (κ3) is 27.1. The van der Waals surface area contributed by atoms with Crippen molar-refractivity contribution in [2.75, 3.05) is 40.1 Å². The van der Waals surface area contributed by atoms with Crippen molar-refractivity contribution in [3.63, 3.8) is 0 Å². The van der Waals surface area contributed by atoms with E-state index in [1.165, 1.54) is 12.1 Å². The van der Waals surface area contributed by atoms with E-state index in [4.69, 9.17) is 90.0 Å².